The van der Waals surface area contributed by atoms with Gasteiger partial charge in [0.05, 0.1) is 0 Å². The molecule has 2 aromatic rings. The minimum atomic E-state index is -1.10. The fourth-order valence-electron chi connectivity index (χ4n) is 4.81. The SMILES string of the molecule is Cc1[nH]n(C)c(=O)c1C1C([O-])C(C=C2N(C)c3ccccc3C2(C)C)C1[O-]. The molecule has 1 aliphatic heterocycles. The van der Waals surface area contributed by atoms with Crippen LogP contribution in [0.1, 0.15) is 36.6 Å². The number of para-hydroxylation sites is 1. The zero-order chi connectivity index (χ0) is 19.7. The molecule has 0 saturated heterocycles. The van der Waals surface area contributed by atoms with Crippen LogP contribution >= 0.6 is 0 Å². The Morgan fingerprint density at radius 2 is 1.78 bits per heavy atom. The largest absolute Gasteiger partial charge is 0.851 e. The maximum atomic E-state index is 12.9. The second-order valence-electron chi connectivity index (χ2n) is 8.30. The number of rotatable bonds is 2. The van der Waals surface area contributed by atoms with Crippen molar-refractivity contribution in [3.05, 3.63) is 63.2 Å². The van der Waals surface area contributed by atoms with Gasteiger partial charge in [-0.3, -0.25) is 14.6 Å². The number of benzene rings is 1. The van der Waals surface area contributed by atoms with Crippen LogP contribution in [0.3, 0.4) is 0 Å². The predicted octanol–water partition coefficient (Wildman–Crippen LogP) is 0.505. The summed E-state index contributed by atoms with van der Waals surface area (Å²) in [5.74, 6) is -1.41. The molecule has 1 aliphatic carbocycles. The molecule has 0 spiro atoms. The highest BCUT2D eigenvalue weighted by Crippen LogP contribution is 2.49. The van der Waals surface area contributed by atoms with Crippen LogP contribution in [0.15, 0.2) is 40.8 Å². The molecule has 1 aromatic carbocycles. The molecule has 6 heteroatoms. The zero-order valence-corrected chi connectivity index (χ0v) is 16.3. The summed E-state index contributed by atoms with van der Waals surface area (Å²) in [6.45, 7) is 5.97. The summed E-state index contributed by atoms with van der Waals surface area (Å²) in [4.78, 5) is 14.4. The predicted molar refractivity (Wildman–Crippen MR) is 101 cm³/mol. The van der Waals surface area contributed by atoms with Gasteiger partial charge in [0, 0.05) is 42.2 Å². The van der Waals surface area contributed by atoms with Crippen molar-refractivity contribution in [1.82, 2.24) is 9.78 Å². The van der Waals surface area contributed by atoms with E-state index in [9.17, 15) is 15.0 Å². The fraction of sp³-hybridized carbons (Fsp3) is 0.476. The average Bonchev–Trinajstić information content (AvgIpc) is 2.98. The number of hydrogen-bond donors (Lipinski definition) is 1. The van der Waals surface area contributed by atoms with Crippen LogP contribution in [-0.2, 0) is 12.5 Å². The van der Waals surface area contributed by atoms with Crippen LogP contribution in [-0.4, -0.2) is 29.0 Å². The van der Waals surface area contributed by atoms with Gasteiger partial charge in [-0.25, -0.2) is 0 Å². The summed E-state index contributed by atoms with van der Waals surface area (Å²) in [6, 6.07) is 8.14. The molecule has 1 N–H and O–H groups in total. The van der Waals surface area contributed by atoms with Gasteiger partial charge in [-0.05, 0) is 30.4 Å². The third kappa shape index (κ3) is 2.36. The normalized spacial score (nSPS) is 30.5. The smallest absolute Gasteiger partial charge is 0.269 e. The first-order valence-corrected chi connectivity index (χ1v) is 9.29. The molecule has 144 valence electrons. The van der Waals surface area contributed by atoms with Gasteiger partial charge in [-0.1, -0.05) is 38.1 Å². The topological polar surface area (TPSA) is 87.1 Å². The van der Waals surface area contributed by atoms with Gasteiger partial charge in [0.2, 0.25) is 0 Å². The van der Waals surface area contributed by atoms with Crippen molar-refractivity contribution in [3.63, 3.8) is 0 Å². The van der Waals surface area contributed by atoms with Crippen LogP contribution in [0, 0.1) is 12.8 Å². The molecule has 2 heterocycles. The number of likely N-dealkylation sites (N-methyl/N-ethyl adjacent to an activating group) is 1. The Balaban J connectivity index is 1.68. The molecule has 1 fully saturated rings. The van der Waals surface area contributed by atoms with Crippen molar-refractivity contribution in [1.29, 1.82) is 0 Å². The highest BCUT2D eigenvalue weighted by atomic mass is 16.3. The monoisotopic (exact) mass is 367 g/mol. The molecule has 0 bridgehead atoms. The minimum absolute atomic E-state index is 0.268. The first kappa shape index (κ1) is 18.1. The second-order valence-corrected chi connectivity index (χ2v) is 8.30. The summed E-state index contributed by atoms with van der Waals surface area (Å²) < 4.78 is 1.33. The number of aromatic nitrogens is 2. The summed E-state index contributed by atoms with van der Waals surface area (Å²) >= 11 is 0. The standard InChI is InChI=1S/C21H25N3O3/c1-11-16(20(27)24(5)22-11)17-18(25)12(19(17)26)10-15-21(2,3)13-8-6-7-9-14(13)23(15)4/h6-10,12,17-19,22H,1-5H3/q-2. The van der Waals surface area contributed by atoms with Crippen LogP contribution < -0.4 is 20.7 Å². The average molecular weight is 367 g/mol. The third-order valence-corrected chi connectivity index (χ3v) is 6.37. The van der Waals surface area contributed by atoms with E-state index in [-0.39, 0.29) is 11.0 Å². The van der Waals surface area contributed by atoms with E-state index >= 15 is 0 Å². The van der Waals surface area contributed by atoms with Crippen molar-refractivity contribution in [3.8, 4) is 0 Å². The summed E-state index contributed by atoms with van der Waals surface area (Å²) in [6.07, 6.45) is -0.344. The van der Waals surface area contributed by atoms with E-state index < -0.39 is 24.0 Å². The Morgan fingerprint density at radius 1 is 1.15 bits per heavy atom. The van der Waals surface area contributed by atoms with E-state index in [2.05, 4.69) is 36.0 Å². The Kier molecular flexibility index (Phi) is 3.91. The molecule has 0 radical (unpaired) electrons. The summed E-state index contributed by atoms with van der Waals surface area (Å²) in [5.41, 5.74) is 3.71. The quantitative estimate of drug-likeness (QED) is 0.838. The molecule has 0 amide bonds. The van der Waals surface area contributed by atoms with Crippen molar-refractivity contribution >= 4 is 5.69 Å². The van der Waals surface area contributed by atoms with Gasteiger partial charge < -0.3 is 15.1 Å². The molecule has 2 atom stereocenters. The summed E-state index contributed by atoms with van der Waals surface area (Å²) in [5, 5.41) is 28.7. The lowest BCUT2D eigenvalue weighted by atomic mass is 9.65. The number of nitrogens with zero attached hydrogens (tertiary/aromatic N) is 2. The van der Waals surface area contributed by atoms with Crippen molar-refractivity contribution in [2.45, 2.75) is 44.3 Å². The maximum Gasteiger partial charge on any atom is 0.269 e. The number of nitrogens with one attached hydrogen (secondary N) is 1. The number of H-pyrrole nitrogens is 1. The minimum Gasteiger partial charge on any atom is -0.851 e. The molecule has 27 heavy (non-hydrogen) atoms. The van der Waals surface area contributed by atoms with Gasteiger partial charge in [0.1, 0.15) is 0 Å². The molecule has 4 rings (SSSR count). The maximum absolute atomic E-state index is 12.9. The second kappa shape index (κ2) is 5.84. The Morgan fingerprint density at radius 3 is 2.33 bits per heavy atom. The fourth-order valence-corrected chi connectivity index (χ4v) is 4.81. The first-order valence-electron chi connectivity index (χ1n) is 9.29. The van der Waals surface area contributed by atoms with Crippen molar-refractivity contribution in [2.24, 2.45) is 13.0 Å². The lowest BCUT2D eigenvalue weighted by Crippen LogP contribution is -2.65. The van der Waals surface area contributed by atoms with Crippen LogP contribution in [0.2, 0.25) is 0 Å². The number of aryl methyl sites for hydroxylation is 2. The van der Waals surface area contributed by atoms with Crippen molar-refractivity contribution < 1.29 is 10.2 Å². The third-order valence-electron chi connectivity index (χ3n) is 6.37. The van der Waals surface area contributed by atoms with Gasteiger partial charge in [-0.15, -0.1) is 12.2 Å². The summed E-state index contributed by atoms with van der Waals surface area (Å²) in [7, 11) is 3.57. The van der Waals surface area contributed by atoms with E-state index in [1.807, 2.05) is 25.3 Å². The molecule has 2 unspecified atom stereocenters. The highest BCUT2D eigenvalue weighted by molar-refractivity contribution is 5.69. The molecule has 6 nitrogen and oxygen atoms in total. The number of fused-ring (bicyclic) bond motifs is 1. The van der Waals surface area contributed by atoms with E-state index in [1.165, 1.54) is 10.2 Å². The van der Waals surface area contributed by atoms with E-state index in [4.69, 9.17) is 0 Å². The molecule has 1 aromatic heterocycles. The number of allylic oxidation sites excluding steroid dienone is 1. The lowest BCUT2D eigenvalue weighted by molar-refractivity contribution is -0.543. The molecular formula is C21H25N3O3-2. The van der Waals surface area contributed by atoms with E-state index in [0.29, 0.717) is 11.3 Å². The van der Waals surface area contributed by atoms with Gasteiger partial charge in [0.15, 0.2) is 0 Å². The van der Waals surface area contributed by atoms with Gasteiger partial charge in [0.25, 0.3) is 5.56 Å². The highest BCUT2D eigenvalue weighted by Gasteiger charge is 2.43. The van der Waals surface area contributed by atoms with E-state index in [0.717, 1.165) is 11.4 Å². The van der Waals surface area contributed by atoms with Gasteiger partial charge >= 0.3 is 0 Å². The number of hydrogen-bond acceptors (Lipinski definition) is 4. The Labute approximate surface area is 158 Å². The van der Waals surface area contributed by atoms with Crippen LogP contribution in [0.5, 0.6) is 0 Å². The zero-order valence-electron chi connectivity index (χ0n) is 16.3. The number of anilines is 1. The van der Waals surface area contributed by atoms with Gasteiger partial charge in [-0.2, -0.15) is 0 Å². The lowest BCUT2D eigenvalue weighted by Gasteiger charge is -2.60. The molecule has 2 aliphatic rings. The molecular weight excluding hydrogens is 342 g/mol. The Bertz CT molecular complexity index is 975. The van der Waals surface area contributed by atoms with Crippen LogP contribution in [0.25, 0.3) is 0 Å². The number of aromatic amines is 1. The van der Waals surface area contributed by atoms with Crippen molar-refractivity contribution in [2.75, 3.05) is 11.9 Å². The molecule has 1 saturated carbocycles. The first-order chi connectivity index (χ1) is 12.7. The Hall–Kier alpha value is -2.31. The van der Waals surface area contributed by atoms with Crippen LogP contribution in [0.4, 0.5) is 5.69 Å². The van der Waals surface area contributed by atoms with E-state index in [1.54, 1.807) is 14.0 Å².